The predicted molar refractivity (Wildman–Crippen MR) is 69.7 cm³/mol. The van der Waals surface area contributed by atoms with Gasteiger partial charge in [-0.05, 0) is 18.2 Å². The summed E-state index contributed by atoms with van der Waals surface area (Å²) in [5.41, 5.74) is -1.30. The summed E-state index contributed by atoms with van der Waals surface area (Å²) >= 11 is 7.39. The minimum absolute atomic E-state index is 0.128. The maximum absolute atomic E-state index is 12.9. The van der Waals surface area contributed by atoms with Gasteiger partial charge in [0.1, 0.15) is 0 Å². The van der Waals surface area contributed by atoms with Crippen LogP contribution in [0.2, 0.25) is 5.02 Å². The summed E-state index contributed by atoms with van der Waals surface area (Å²) in [6.45, 7) is 0.931. The summed E-state index contributed by atoms with van der Waals surface area (Å²) in [4.78, 5) is 13.6. The SMILES string of the molecule is O=C(c1cc(Cl)ccc1C(F)(F)F)N1CCSCC1. The van der Waals surface area contributed by atoms with E-state index in [9.17, 15) is 18.0 Å². The van der Waals surface area contributed by atoms with Crippen LogP contribution in [0.4, 0.5) is 13.2 Å². The van der Waals surface area contributed by atoms with Gasteiger partial charge < -0.3 is 4.90 Å². The van der Waals surface area contributed by atoms with E-state index in [0.717, 1.165) is 29.7 Å². The molecule has 0 unspecified atom stereocenters. The molecular weight excluding hydrogens is 299 g/mol. The molecular formula is C12H11ClF3NOS. The number of halogens is 4. The molecule has 1 aliphatic heterocycles. The van der Waals surface area contributed by atoms with Crippen molar-refractivity contribution >= 4 is 29.3 Å². The maximum atomic E-state index is 12.9. The normalized spacial score (nSPS) is 16.5. The number of benzene rings is 1. The van der Waals surface area contributed by atoms with Crippen LogP contribution in [0.25, 0.3) is 0 Å². The number of hydrogen-bond acceptors (Lipinski definition) is 2. The smallest absolute Gasteiger partial charge is 0.337 e. The molecule has 1 saturated heterocycles. The molecule has 0 saturated carbocycles. The van der Waals surface area contributed by atoms with Crippen molar-refractivity contribution in [1.29, 1.82) is 0 Å². The maximum Gasteiger partial charge on any atom is 0.417 e. The molecule has 1 aromatic rings. The first-order valence-corrected chi connectivity index (χ1v) is 7.16. The van der Waals surface area contributed by atoms with Gasteiger partial charge in [-0.3, -0.25) is 4.79 Å². The Bertz CT molecular complexity index is 486. The Morgan fingerprint density at radius 1 is 1.26 bits per heavy atom. The second kappa shape index (κ2) is 5.63. The second-order valence-electron chi connectivity index (χ2n) is 4.09. The lowest BCUT2D eigenvalue weighted by atomic mass is 10.1. The van der Waals surface area contributed by atoms with Gasteiger partial charge in [-0.1, -0.05) is 11.6 Å². The number of amides is 1. The Labute approximate surface area is 117 Å². The van der Waals surface area contributed by atoms with Gasteiger partial charge in [0.05, 0.1) is 11.1 Å². The molecule has 1 aromatic carbocycles. The predicted octanol–water partition coefficient (Wildman–Crippen LogP) is 3.55. The van der Waals surface area contributed by atoms with Crippen LogP contribution in [-0.2, 0) is 6.18 Å². The van der Waals surface area contributed by atoms with Gasteiger partial charge in [-0.15, -0.1) is 0 Å². The van der Waals surface area contributed by atoms with Crippen molar-refractivity contribution in [2.75, 3.05) is 24.6 Å². The van der Waals surface area contributed by atoms with Crippen molar-refractivity contribution in [3.8, 4) is 0 Å². The molecule has 104 valence electrons. The quantitative estimate of drug-likeness (QED) is 0.791. The van der Waals surface area contributed by atoms with Crippen LogP contribution in [0, 0.1) is 0 Å². The Balaban J connectivity index is 2.36. The number of hydrogen-bond donors (Lipinski definition) is 0. The molecule has 19 heavy (non-hydrogen) atoms. The van der Waals surface area contributed by atoms with E-state index in [2.05, 4.69) is 0 Å². The molecule has 1 aliphatic rings. The van der Waals surface area contributed by atoms with E-state index < -0.39 is 17.6 Å². The fourth-order valence-corrected chi connectivity index (χ4v) is 2.95. The van der Waals surface area contributed by atoms with Crippen LogP contribution in [0.5, 0.6) is 0 Å². The van der Waals surface area contributed by atoms with E-state index in [1.165, 1.54) is 4.90 Å². The van der Waals surface area contributed by atoms with Crippen molar-refractivity contribution < 1.29 is 18.0 Å². The Morgan fingerprint density at radius 3 is 2.47 bits per heavy atom. The molecule has 1 amide bonds. The Hall–Kier alpha value is -0.880. The molecule has 1 heterocycles. The van der Waals surface area contributed by atoms with Crippen LogP contribution in [0.1, 0.15) is 15.9 Å². The van der Waals surface area contributed by atoms with Gasteiger partial charge >= 0.3 is 6.18 Å². The van der Waals surface area contributed by atoms with E-state index in [1.807, 2.05) is 0 Å². The van der Waals surface area contributed by atoms with E-state index in [-0.39, 0.29) is 10.6 Å². The first kappa shape index (κ1) is 14.5. The third-order valence-electron chi connectivity index (χ3n) is 2.82. The van der Waals surface area contributed by atoms with Crippen molar-refractivity contribution in [2.45, 2.75) is 6.18 Å². The molecule has 1 fully saturated rings. The van der Waals surface area contributed by atoms with Gasteiger partial charge in [0.2, 0.25) is 0 Å². The molecule has 0 spiro atoms. The summed E-state index contributed by atoms with van der Waals surface area (Å²) in [6.07, 6.45) is -4.56. The molecule has 0 atom stereocenters. The molecule has 0 aliphatic carbocycles. The monoisotopic (exact) mass is 309 g/mol. The third-order valence-corrected chi connectivity index (χ3v) is 3.99. The van der Waals surface area contributed by atoms with Gasteiger partial charge in [-0.25, -0.2) is 0 Å². The zero-order chi connectivity index (χ0) is 14.0. The lowest BCUT2D eigenvalue weighted by Gasteiger charge is -2.27. The molecule has 7 heteroatoms. The van der Waals surface area contributed by atoms with Crippen LogP contribution < -0.4 is 0 Å². The summed E-state index contributed by atoms with van der Waals surface area (Å²) < 4.78 is 38.7. The van der Waals surface area contributed by atoms with E-state index >= 15 is 0 Å². The van der Waals surface area contributed by atoms with Gasteiger partial charge in [0.15, 0.2) is 0 Å². The van der Waals surface area contributed by atoms with Crippen molar-refractivity contribution in [3.05, 3.63) is 34.3 Å². The number of thioether (sulfide) groups is 1. The molecule has 0 aromatic heterocycles. The van der Waals surface area contributed by atoms with Crippen molar-refractivity contribution in [1.82, 2.24) is 4.90 Å². The number of alkyl halides is 3. The molecule has 0 bridgehead atoms. The zero-order valence-corrected chi connectivity index (χ0v) is 11.4. The largest absolute Gasteiger partial charge is 0.417 e. The summed E-state index contributed by atoms with van der Waals surface area (Å²) in [7, 11) is 0. The molecule has 0 N–H and O–H groups in total. The van der Waals surface area contributed by atoms with Crippen LogP contribution in [0.15, 0.2) is 18.2 Å². The third kappa shape index (κ3) is 3.36. The standard InChI is InChI=1S/C12H11ClF3NOS/c13-8-1-2-10(12(14,15)16)9(7-8)11(18)17-3-5-19-6-4-17/h1-2,7H,3-6H2. The second-order valence-corrected chi connectivity index (χ2v) is 5.75. The highest BCUT2D eigenvalue weighted by Gasteiger charge is 2.36. The average Bonchev–Trinajstić information content (AvgIpc) is 2.37. The fourth-order valence-electron chi connectivity index (χ4n) is 1.88. The Morgan fingerprint density at radius 2 is 1.89 bits per heavy atom. The highest BCUT2D eigenvalue weighted by atomic mass is 35.5. The lowest BCUT2D eigenvalue weighted by molar-refractivity contribution is -0.138. The number of rotatable bonds is 1. The first-order valence-electron chi connectivity index (χ1n) is 5.63. The van der Waals surface area contributed by atoms with E-state index in [1.54, 1.807) is 11.8 Å². The summed E-state index contributed by atoms with van der Waals surface area (Å²) in [6, 6.07) is 3.09. The lowest BCUT2D eigenvalue weighted by Crippen LogP contribution is -2.38. The van der Waals surface area contributed by atoms with Gasteiger partial charge in [0.25, 0.3) is 5.91 Å². The minimum atomic E-state index is -4.56. The minimum Gasteiger partial charge on any atom is -0.337 e. The average molecular weight is 310 g/mol. The van der Waals surface area contributed by atoms with Gasteiger partial charge in [0, 0.05) is 29.6 Å². The zero-order valence-electron chi connectivity index (χ0n) is 9.84. The topological polar surface area (TPSA) is 20.3 Å². The molecule has 0 radical (unpaired) electrons. The summed E-state index contributed by atoms with van der Waals surface area (Å²) in [5.74, 6) is 0.886. The summed E-state index contributed by atoms with van der Waals surface area (Å²) in [5, 5.41) is 0.128. The van der Waals surface area contributed by atoms with Crippen LogP contribution >= 0.6 is 23.4 Å². The van der Waals surface area contributed by atoms with Crippen LogP contribution in [-0.4, -0.2) is 35.4 Å². The highest BCUT2D eigenvalue weighted by molar-refractivity contribution is 7.99. The van der Waals surface area contributed by atoms with Gasteiger partial charge in [-0.2, -0.15) is 24.9 Å². The molecule has 2 rings (SSSR count). The number of nitrogens with zero attached hydrogens (tertiary/aromatic N) is 1. The van der Waals surface area contributed by atoms with Crippen molar-refractivity contribution in [2.24, 2.45) is 0 Å². The fraction of sp³-hybridized carbons (Fsp3) is 0.417. The Kier molecular flexibility index (Phi) is 4.30. The first-order chi connectivity index (χ1) is 8.89. The number of carbonyl (C=O) groups excluding carboxylic acids is 1. The highest BCUT2D eigenvalue weighted by Crippen LogP contribution is 2.34. The van der Waals surface area contributed by atoms with E-state index in [0.29, 0.717) is 13.1 Å². The van der Waals surface area contributed by atoms with Crippen molar-refractivity contribution in [3.63, 3.8) is 0 Å². The van der Waals surface area contributed by atoms with E-state index in [4.69, 9.17) is 11.6 Å². The van der Waals surface area contributed by atoms with Crippen LogP contribution in [0.3, 0.4) is 0 Å². The molecule has 2 nitrogen and oxygen atoms in total. The number of carbonyl (C=O) groups is 1.